The van der Waals surface area contributed by atoms with Crippen molar-refractivity contribution in [3.8, 4) is 0 Å². The molecular weight excluding hydrogens is 408 g/mol. The third kappa shape index (κ3) is 4.80. The number of benzene rings is 3. The van der Waals surface area contributed by atoms with Crippen molar-refractivity contribution in [1.82, 2.24) is 10.2 Å². The van der Waals surface area contributed by atoms with Crippen molar-refractivity contribution in [3.05, 3.63) is 102 Å². The predicted molar refractivity (Wildman–Crippen MR) is 121 cm³/mol. The summed E-state index contributed by atoms with van der Waals surface area (Å²) in [6, 6.07) is 27.8. The number of urea groups is 1. The SMILES string of the molecule is O=C(NC(c1ccccc1)c1ccccc1)N1CCC(S(=O)(=O)c2ccccc2)CC1. The highest BCUT2D eigenvalue weighted by Gasteiger charge is 2.33. The number of carbonyl (C=O) groups excluding carboxylic acids is 1. The van der Waals surface area contributed by atoms with Crippen molar-refractivity contribution in [1.29, 1.82) is 0 Å². The van der Waals surface area contributed by atoms with E-state index in [1.165, 1.54) is 0 Å². The van der Waals surface area contributed by atoms with E-state index in [0.717, 1.165) is 11.1 Å². The lowest BCUT2D eigenvalue weighted by Gasteiger charge is -2.33. The van der Waals surface area contributed by atoms with Gasteiger partial charge in [0.1, 0.15) is 0 Å². The molecule has 0 unspecified atom stereocenters. The summed E-state index contributed by atoms with van der Waals surface area (Å²) in [5, 5.41) is 2.68. The van der Waals surface area contributed by atoms with Gasteiger partial charge in [0.25, 0.3) is 0 Å². The Morgan fingerprint density at radius 3 is 1.71 bits per heavy atom. The van der Waals surface area contributed by atoms with Crippen LogP contribution in [0.3, 0.4) is 0 Å². The third-order valence-corrected chi connectivity index (χ3v) is 8.05. The van der Waals surface area contributed by atoms with E-state index in [-0.39, 0.29) is 12.1 Å². The Bertz CT molecular complexity index is 1060. The number of piperidine rings is 1. The van der Waals surface area contributed by atoms with Gasteiger partial charge in [0.05, 0.1) is 16.2 Å². The molecule has 3 aromatic rings. The van der Waals surface area contributed by atoms with Crippen LogP contribution in [0, 0.1) is 0 Å². The molecule has 0 saturated carbocycles. The summed E-state index contributed by atoms with van der Waals surface area (Å²) in [6.07, 6.45) is 0.873. The highest BCUT2D eigenvalue weighted by Crippen LogP contribution is 2.26. The van der Waals surface area contributed by atoms with E-state index in [9.17, 15) is 13.2 Å². The maximum absolute atomic E-state index is 13.0. The number of carbonyl (C=O) groups is 1. The fourth-order valence-electron chi connectivity index (χ4n) is 4.04. The van der Waals surface area contributed by atoms with Crippen LogP contribution in [0.15, 0.2) is 95.9 Å². The van der Waals surface area contributed by atoms with Gasteiger partial charge >= 0.3 is 6.03 Å². The number of nitrogens with one attached hydrogen (secondary N) is 1. The Hall–Kier alpha value is -3.12. The third-order valence-electron chi connectivity index (χ3n) is 5.77. The lowest BCUT2D eigenvalue weighted by molar-refractivity contribution is 0.184. The molecule has 6 heteroatoms. The zero-order chi connectivity index (χ0) is 21.7. The normalized spacial score (nSPS) is 15.1. The number of likely N-dealkylation sites (tertiary alicyclic amines) is 1. The van der Waals surface area contributed by atoms with Crippen LogP contribution in [0.1, 0.15) is 30.0 Å². The molecule has 1 heterocycles. The van der Waals surface area contributed by atoms with Crippen LogP contribution in [0.4, 0.5) is 4.79 Å². The zero-order valence-electron chi connectivity index (χ0n) is 17.2. The molecule has 5 nitrogen and oxygen atoms in total. The summed E-state index contributed by atoms with van der Waals surface area (Å²) in [7, 11) is -3.38. The van der Waals surface area contributed by atoms with Crippen molar-refractivity contribution in [2.45, 2.75) is 29.0 Å². The molecule has 1 aliphatic heterocycles. The second-order valence-electron chi connectivity index (χ2n) is 7.75. The predicted octanol–water partition coefficient (Wildman–Crippen LogP) is 4.42. The zero-order valence-corrected chi connectivity index (χ0v) is 18.0. The quantitative estimate of drug-likeness (QED) is 0.646. The molecule has 1 aliphatic rings. The number of hydrogen-bond acceptors (Lipinski definition) is 3. The van der Waals surface area contributed by atoms with Crippen LogP contribution in [-0.2, 0) is 9.84 Å². The van der Waals surface area contributed by atoms with Crippen LogP contribution in [0.25, 0.3) is 0 Å². The Labute approximate surface area is 183 Å². The van der Waals surface area contributed by atoms with Crippen molar-refractivity contribution < 1.29 is 13.2 Å². The monoisotopic (exact) mass is 434 g/mol. The molecule has 0 bridgehead atoms. The molecule has 1 fully saturated rings. The van der Waals surface area contributed by atoms with Gasteiger partial charge in [-0.3, -0.25) is 0 Å². The topological polar surface area (TPSA) is 66.5 Å². The van der Waals surface area contributed by atoms with E-state index in [4.69, 9.17) is 0 Å². The first kappa shape index (κ1) is 21.1. The Morgan fingerprint density at radius 1 is 0.774 bits per heavy atom. The summed E-state index contributed by atoms with van der Waals surface area (Å²) >= 11 is 0. The smallest absolute Gasteiger partial charge is 0.318 e. The van der Waals surface area contributed by atoms with Gasteiger partial charge in [-0.15, -0.1) is 0 Å². The minimum Gasteiger partial charge on any atom is -0.327 e. The largest absolute Gasteiger partial charge is 0.327 e. The number of sulfone groups is 1. The maximum Gasteiger partial charge on any atom is 0.318 e. The Kier molecular flexibility index (Phi) is 6.37. The molecule has 1 N–H and O–H groups in total. The molecule has 1 saturated heterocycles. The van der Waals surface area contributed by atoms with Crippen LogP contribution in [0.5, 0.6) is 0 Å². The van der Waals surface area contributed by atoms with E-state index in [2.05, 4.69) is 5.32 Å². The molecule has 160 valence electrons. The summed E-state index contributed by atoms with van der Waals surface area (Å²) in [6.45, 7) is 0.831. The summed E-state index contributed by atoms with van der Waals surface area (Å²) in [5.74, 6) is 0. The summed E-state index contributed by atoms with van der Waals surface area (Å²) < 4.78 is 25.8. The van der Waals surface area contributed by atoms with Crippen LogP contribution in [-0.4, -0.2) is 37.7 Å². The van der Waals surface area contributed by atoms with Crippen LogP contribution < -0.4 is 5.32 Å². The van der Waals surface area contributed by atoms with Crippen molar-refractivity contribution in [2.75, 3.05) is 13.1 Å². The lowest BCUT2D eigenvalue weighted by atomic mass is 9.99. The average molecular weight is 435 g/mol. The molecule has 0 aromatic heterocycles. The van der Waals surface area contributed by atoms with Gasteiger partial charge in [-0.25, -0.2) is 13.2 Å². The highest BCUT2D eigenvalue weighted by molar-refractivity contribution is 7.92. The van der Waals surface area contributed by atoms with Gasteiger partial charge in [0.15, 0.2) is 9.84 Å². The Morgan fingerprint density at radius 2 is 1.23 bits per heavy atom. The van der Waals surface area contributed by atoms with E-state index in [1.807, 2.05) is 66.7 Å². The fraction of sp³-hybridized carbons (Fsp3) is 0.240. The van der Waals surface area contributed by atoms with Gasteiger partial charge < -0.3 is 10.2 Å². The first-order valence-corrected chi connectivity index (χ1v) is 12.0. The van der Waals surface area contributed by atoms with Crippen molar-refractivity contribution in [2.24, 2.45) is 0 Å². The van der Waals surface area contributed by atoms with Crippen LogP contribution >= 0.6 is 0 Å². The fourth-order valence-corrected chi connectivity index (χ4v) is 5.79. The summed E-state index contributed by atoms with van der Waals surface area (Å²) in [4.78, 5) is 15.1. The standard InChI is InChI=1S/C25H26N2O3S/c28-25(26-24(20-10-4-1-5-11-20)21-12-6-2-7-13-21)27-18-16-23(17-19-27)31(29,30)22-14-8-3-9-15-22/h1-15,23-24H,16-19H2,(H,26,28). The van der Waals surface area contributed by atoms with Gasteiger partial charge in [0, 0.05) is 13.1 Å². The van der Waals surface area contributed by atoms with Gasteiger partial charge in [-0.1, -0.05) is 78.9 Å². The van der Waals surface area contributed by atoms with E-state index >= 15 is 0 Å². The minimum absolute atomic E-state index is 0.173. The Balaban J connectivity index is 1.44. The van der Waals surface area contributed by atoms with Crippen LogP contribution in [0.2, 0.25) is 0 Å². The lowest BCUT2D eigenvalue weighted by Crippen LogP contribution is -2.47. The van der Waals surface area contributed by atoms with Crippen molar-refractivity contribution in [3.63, 3.8) is 0 Å². The molecule has 2 amide bonds. The van der Waals surface area contributed by atoms with E-state index in [0.29, 0.717) is 30.8 Å². The molecule has 0 aliphatic carbocycles. The van der Waals surface area contributed by atoms with Gasteiger partial charge in [-0.2, -0.15) is 0 Å². The number of hydrogen-bond donors (Lipinski definition) is 1. The molecule has 3 aromatic carbocycles. The highest BCUT2D eigenvalue weighted by atomic mass is 32.2. The molecule has 0 spiro atoms. The first-order valence-electron chi connectivity index (χ1n) is 10.5. The second-order valence-corrected chi connectivity index (χ2v) is 9.98. The maximum atomic E-state index is 13.0. The number of rotatable bonds is 5. The van der Waals surface area contributed by atoms with E-state index < -0.39 is 15.1 Å². The molecular formula is C25H26N2O3S. The average Bonchev–Trinajstić information content (AvgIpc) is 2.84. The van der Waals surface area contributed by atoms with Crippen molar-refractivity contribution >= 4 is 15.9 Å². The van der Waals surface area contributed by atoms with Gasteiger partial charge in [-0.05, 0) is 36.1 Å². The summed E-state index contributed by atoms with van der Waals surface area (Å²) in [5.41, 5.74) is 2.01. The molecule has 31 heavy (non-hydrogen) atoms. The first-order chi connectivity index (χ1) is 15.1. The minimum atomic E-state index is -3.38. The van der Waals surface area contributed by atoms with Gasteiger partial charge in [0.2, 0.25) is 0 Å². The number of amides is 2. The molecule has 4 rings (SSSR count). The van der Waals surface area contributed by atoms with E-state index in [1.54, 1.807) is 29.2 Å². The molecule has 0 radical (unpaired) electrons. The second kappa shape index (κ2) is 9.35. The number of nitrogens with zero attached hydrogens (tertiary/aromatic N) is 1. The molecule has 0 atom stereocenters.